The van der Waals surface area contributed by atoms with Crippen molar-refractivity contribution in [3.8, 4) is 5.69 Å². The molecule has 0 saturated carbocycles. The molecule has 0 radical (unpaired) electrons. The Balaban J connectivity index is 1.67. The van der Waals surface area contributed by atoms with E-state index < -0.39 is 5.69 Å². The van der Waals surface area contributed by atoms with Crippen LogP contribution in [0.15, 0.2) is 46.5 Å². The summed E-state index contributed by atoms with van der Waals surface area (Å²) in [6.07, 6.45) is 5.56. The lowest BCUT2D eigenvalue weighted by Crippen LogP contribution is -2.28. The second-order valence-electron chi connectivity index (χ2n) is 5.63. The zero-order valence-electron chi connectivity index (χ0n) is 14.4. The SMILES string of the molecule is NC(N)=NOCCNC(=O)c1ccc(-n2cc3c(nc2=O)NCC=C3)cc1. The fraction of sp³-hybridized carbons (Fsp3) is 0.176. The summed E-state index contributed by atoms with van der Waals surface area (Å²) in [5, 5.41) is 9.07. The van der Waals surface area contributed by atoms with Gasteiger partial charge in [0.1, 0.15) is 12.4 Å². The third-order valence-electron chi connectivity index (χ3n) is 3.70. The van der Waals surface area contributed by atoms with Crippen LogP contribution in [-0.4, -0.2) is 41.1 Å². The number of carbonyl (C=O) groups excluding carboxylic acids is 1. The van der Waals surface area contributed by atoms with E-state index in [9.17, 15) is 9.59 Å². The molecular weight excluding hydrogens is 350 g/mol. The summed E-state index contributed by atoms with van der Waals surface area (Å²) in [6.45, 7) is 1.02. The fourth-order valence-electron chi connectivity index (χ4n) is 2.47. The standard InChI is InChI=1S/C17H19N7O3/c18-16(19)23-27-9-8-21-15(25)11-3-5-13(6-4-11)24-10-12-2-1-7-20-14(12)22-17(24)26/h1-6,10H,7-9H2,(H,21,25)(H4,18,19,23)(H,20,22,26). The van der Waals surface area contributed by atoms with Crippen LogP contribution in [0.4, 0.5) is 5.82 Å². The molecule has 3 rings (SSSR count). The number of fused-ring (bicyclic) bond motifs is 1. The molecule has 0 saturated heterocycles. The van der Waals surface area contributed by atoms with Crippen LogP contribution in [-0.2, 0) is 4.84 Å². The first-order chi connectivity index (χ1) is 13.0. The molecule has 1 aromatic carbocycles. The van der Waals surface area contributed by atoms with E-state index in [4.69, 9.17) is 16.3 Å². The van der Waals surface area contributed by atoms with Gasteiger partial charge in [-0.25, -0.2) is 4.79 Å². The molecule has 140 valence electrons. The Kier molecular flexibility index (Phi) is 5.36. The van der Waals surface area contributed by atoms with Gasteiger partial charge in [-0.15, -0.1) is 0 Å². The van der Waals surface area contributed by atoms with Gasteiger partial charge in [0.05, 0.1) is 12.2 Å². The van der Waals surface area contributed by atoms with E-state index >= 15 is 0 Å². The minimum absolute atomic E-state index is 0.138. The van der Waals surface area contributed by atoms with E-state index in [0.717, 1.165) is 5.56 Å². The minimum Gasteiger partial charge on any atom is -0.391 e. The third kappa shape index (κ3) is 4.42. The van der Waals surface area contributed by atoms with Crippen LogP contribution in [0.1, 0.15) is 15.9 Å². The van der Waals surface area contributed by atoms with Crippen molar-refractivity contribution in [2.24, 2.45) is 16.6 Å². The van der Waals surface area contributed by atoms with Crippen molar-refractivity contribution in [3.05, 3.63) is 58.1 Å². The molecule has 0 unspecified atom stereocenters. The van der Waals surface area contributed by atoms with Crippen molar-refractivity contribution in [1.82, 2.24) is 14.9 Å². The monoisotopic (exact) mass is 369 g/mol. The third-order valence-corrected chi connectivity index (χ3v) is 3.70. The number of aromatic nitrogens is 2. The molecule has 1 aliphatic heterocycles. The number of oxime groups is 1. The normalized spacial score (nSPS) is 11.9. The van der Waals surface area contributed by atoms with Crippen LogP contribution in [0.3, 0.4) is 0 Å². The second kappa shape index (κ2) is 8.04. The average molecular weight is 369 g/mol. The van der Waals surface area contributed by atoms with Crippen LogP contribution in [0.5, 0.6) is 0 Å². The van der Waals surface area contributed by atoms with Crippen LogP contribution < -0.4 is 27.8 Å². The number of benzene rings is 1. The van der Waals surface area contributed by atoms with Crippen LogP contribution in [0.2, 0.25) is 0 Å². The van der Waals surface area contributed by atoms with Gasteiger partial charge in [-0.2, -0.15) is 4.98 Å². The smallest absolute Gasteiger partial charge is 0.354 e. The van der Waals surface area contributed by atoms with Crippen molar-refractivity contribution in [2.45, 2.75) is 0 Å². The summed E-state index contributed by atoms with van der Waals surface area (Å²) >= 11 is 0. The topological polar surface area (TPSA) is 150 Å². The van der Waals surface area contributed by atoms with Gasteiger partial charge in [0.2, 0.25) is 5.96 Å². The number of amides is 1. The number of nitrogens with one attached hydrogen (secondary N) is 2. The number of guanidine groups is 1. The number of nitrogens with two attached hydrogens (primary N) is 2. The fourth-order valence-corrected chi connectivity index (χ4v) is 2.47. The zero-order valence-corrected chi connectivity index (χ0v) is 14.4. The molecule has 10 nitrogen and oxygen atoms in total. The van der Waals surface area contributed by atoms with Crippen molar-refractivity contribution < 1.29 is 9.63 Å². The van der Waals surface area contributed by atoms with Gasteiger partial charge in [0.15, 0.2) is 0 Å². The Morgan fingerprint density at radius 1 is 1.33 bits per heavy atom. The molecule has 1 aliphatic rings. The van der Waals surface area contributed by atoms with Crippen molar-refractivity contribution in [3.63, 3.8) is 0 Å². The average Bonchev–Trinajstić information content (AvgIpc) is 2.67. The maximum atomic E-state index is 12.2. The zero-order chi connectivity index (χ0) is 19.2. The Morgan fingerprint density at radius 3 is 2.85 bits per heavy atom. The maximum absolute atomic E-state index is 12.2. The maximum Gasteiger partial charge on any atom is 0.354 e. The second-order valence-corrected chi connectivity index (χ2v) is 5.63. The first-order valence-electron chi connectivity index (χ1n) is 8.18. The molecule has 1 amide bonds. The Hall–Kier alpha value is -3.82. The van der Waals surface area contributed by atoms with Crippen molar-refractivity contribution >= 4 is 23.8 Å². The molecule has 10 heteroatoms. The predicted molar refractivity (Wildman–Crippen MR) is 101 cm³/mol. The molecule has 0 atom stereocenters. The summed E-state index contributed by atoms with van der Waals surface area (Å²) in [6, 6.07) is 6.61. The lowest BCUT2D eigenvalue weighted by atomic mass is 10.2. The van der Waals surface area contributed by atoms with Gasteiger partial charge >= 0.3 is 5.69 Å². The number of carbonyl (C=O) groups is 1. The first kappa shape index (κ1) is 18.0. The number of anilines is 1. The van der Waals surface area contributed by atoms with Gasteiger partial charge in [-0.1, -0.05) is 12.2 Å². The number of rotatable bonds is 6. The van der Waals surface area contributed by atoms with Gasteiger partial charge in [0.25, 0.3) is 5.91 Å². The molecule has 2 aromatic rings. The molecule has 0 bridgehead atoms. The molecule has 0 aliphatic carbocycles. The highest BCUT2D eigenvalue weighted by Gasteiger charge is 2.11. The van der Waals surface area contributed by atoms with E-state index in [1.165, 1.54) is 4.57 Å². The summed E-state index contributed by atoms with van der Waals surface area (Å²) < 4.78 is 1.43. The Bertz CT molecular complexity index is 944. The minimum atomic E-state index is -0.398. The highest BCUT2D eigenvalue weighted by atomic mass is 16.6. The molecule has 0 fully saturated rings. The van der Waals surface area contributed by atoms with Gasteiger partial charge < -0.3 is 26.9 Å². The van der Waals surface area contributed by atoms with Gasteiger partial charge in [-0.05, 0) is 29.4 Å². The van der Waals surface area contributed by atoms with Crippen molar-refractivity contribution in [1.29, 1.82) is 0 Å². The molecule has 6 N–H and O–H groups in total. The van der Waals surface area contributed by atoms with Gasteiger partial charge in [0, 0.05) is 23.9 Å². The highest BCUT2D eigenvalue weighted by Crippen LogP contribution is 2.17. The number of nitrogens with zero attached hydrogens (tertiary/aromatic N) is 3. The first-order valence-corrected chi connectivity index (χ1v) is 8.18. The number of hydrogen-bond acceptors (Lipinski definition) is 6. The Labute approximate surface area is 154 Å². The predicted octanol–water partition coefficient (Wildman–Crippen LogP) is -0.394. The van der Waals surface area contributed by atoms with Crippen molar-refractivity contribution in [2.75, 3.05) is 25.0 Å². The van der Waals surface area contributed by atoms with E-state index in [2.05, 4.69) is 20.8 Å². The molecule has 27 heavy (non-hydrogen) atoms. The molecule has 1 aromatic heterocycles. The summed E-state index contributed by atoms with van der Waals surface area (Å²) in [5.74, 6) is 0.102. The largest absolute Gasteiger partial charge is 0.391 e. The van der Waals surface area contributed by atoms with E-state index in [-0.39, 0.29) is 25.0 Å². The summed E-state index contributed by atoms with van der Waals surface area (Å²) in [7, 11) is 0. The van der Waals surface area contributed by atoms with E-state index in [1.807, 2.05) is 12.2 Å². The molecule has 0 spiro atoms. The van der Waals surface area contributed by atoms with Crippen LogP contribution in [0.25, 0.3) is 11.8 Å². The molecular formula is C17H19N7O3. The molecule has 2 heterocycles. The lowest BCUT2D eigenvalue weighted by Gasteiger charge is -2.14. The number of hydrogen-bond donors (Lipinski definition) is 4. The van der Waals surface area contributed by atoms with Gasteiger partial charge in [-0.3, -0.25) is 9.36 Å². The summed E-state index contributed by atoms with van der Waals surface area (Å²) in [4.78, 5) is 33.2. The quantitative estimate of drug-likeness (QED) is 0.234. The van der Waals surface area contributed by atoms with E-state index in [0.29, 0.717) is 23.6 Å². The van der Waals surface area contributed by atoms with Crippen LogP contribution in [0, 0.1) is 0 Å². The van der Waals surface area contributed by atoms with Crippen LogP contribution >= 0.6 is 0 Å². The summed E-state index contributed by atoms with van der Waals surface area (Å²) in [5.41, 5.74) is 11.7. The van der Waals surface area contributed by atoms with E-state index in [1.54, 1.807) is 30.5 Å². The highest BCUT2D eigenvalue weighted by molar-refractivity contribution is 5.94. The lowest BCUT2D eigenvalue weighted by molar-refractivity contribution is 0.0920. The Morgan fingerprint density at radius 2 is 2.11 bits per heavy atom.